The Morgan fingerprint density at radius 1 is 1.00 bits per heavy atom. The molecule has 0 fully saturated rings. The lowest BCUT2D eigenvalue weighted by atomic mass is 10.1. The van der Waals surface area contributed by atoms with Gasteiger partial charge in [-0.1, -0.05) is 48.0 Å². The van der Waals surface area contributed by atoms with Crippen molar-refractivity contribution in [3.63, 3.8) is 0 Å². The number of pyridine rings is 1. The summed E-state index contributed by atoms with van der Waals surface area (Å²) in [5.41, 5.74) is 3.24. The number of fused-ring (bicyclic) bond motifs is 3. The Hall–Kier alpha value is -3.53. The van der Waals surface area contributed by atoms with Crippen molar-refractivity contribution in [3.8, 4) is 5.75 Å². The van der Waals surface area contributed by atoms with Crippen molar-refractivity contribution in [2.24, 2.45) is 0 Å². The van der Waals surface area contributed by atoms with E-state index < -0.39 is 10.0 Å². The van der Waals surface area contributed by atoms with Crippen LogP contribution in [0, 0.1) is 6.92 Å². The van der Waals surface area contributed by atoms with Gasteiger partial charge in [-0.25, -0.2) is 17.4 Å². The second-order valence-electron chi connectivity index (χ2n) is 8.98. The van der Waals surface area contributed by atoms with Gasteiger partial charge in [0.25, 0.3) is 10.0 Å². The van der Waals surface area contributed by atoms with Gasteiger partial charge in [0, 0.05) is 30.4 Å². The predicted molar refractivity (Wildman–Crippen MR) is 150 cm³/mol. The van der Waals surface area contributed by atoms with Crippen LogP contribution >= 0.6 is 15.9 Å². The number of carbonyl (C=O) groups excluding carboxylic acids is 1. The molecule has 0 radical (unpaired) electrons. The van der Waals surface area contributed by atoms with Crippen molar-refractivity contribution in [1.82, 2.24) is 8.96 Å². The van der Waals surface area contributed by atoms with E-state index >= 15 is 0 Å². The van der Waals surface area contributed by atoms with Crippen LogP contribution in [-0.2, 0) is 28.0 Å². The van der Waals surface area contributed by atoms with E-state index in [1.165, 1.54) is 10.9 Å². The van der Waals surface area contributed by atoms with Crippen molar-refractivity contribution in [2.75, 3.05) is 7.11 Å². The first-order valence-corrected chi connectivity index (χ1v) is 14.1. The predicted octanol–water partition coefficient (Wildman–Crippen LogP) is 6.43. The van der Waals surface area contributed by atoms with Crippen LogP contribution < -0.4 is 4.74 Å². The fourth-order valence-electron chi connectivity index (χ4n) is 4.50. The Bertz CT molecular complexity index is 1780. The SMILES string of the molecule is COCc1c(Br)nc(C(C)=O)c2c1c1cc(OCc3ccccc3)ccc1n2S(=O)(=O)c1ccc(C)cc1. The number of hydrogen-bond donors (Lipinski definition) is 0. The summed E-state index contributed by atoms with van der Waals surface area (Å²) < 4.78 is 41.4. The minimum Gasteiger partial charge on any atom is -0.489 e. The number of aromatic nitrogens is 2. The Balaban J connectivity index is 1.83. The number of Topliss-reactive ketones (excluding diaryl/α,β-unsaturated/α-hetero) is 1. The highest BCUT2D eigenvalue weighted by Gasteiger charge is 2.29. The number of hydrogen-bond acceptors (Lipinski definition) is 6. The lowest BCUT2D eigenvalue weighted by Gasteiger charge is -2.13. The van der Waals surface area contributed by atoms with Crippen LogP contribution in [0.1, 0.15) is 34.1 Å². The summed E-state index contributed by atoms with van der Waals surface area (Å²) in [5, 5.41) is 1.17. The van der Waals surface area contributed by atoms with Crippen LogP contribution in [0.15, 0.2) is 82.3 Å². The fourth-order valence-corrected chi connectivity index (χ4v) is 6.52. The molecular formula is C29H25BrN2O5S. The molecule has 0 aliphatic rings. The second-order valence-corrected chi connectivity index (χ2v) is 11.5. The molecule has 7 nitrogen and oxygen atoms in total. The fraction of sp³-hybridized carbons (Fsp3) is 0.172. The summed E-state index contributed by atoms with van der Waals surface area (Å²) in [5.74, 6) is 0.206. The van der Waals surface area contributed by atoms with E-state index in [1.807, 2.05) is 37.3 Å². The molecule has 0 aliphatic carbocycles. The molecular weight excluding hydrogens is 568 g/mol. The van der Waals surface area contributed by atoms with Crippen molar-refractivity contribution in [2.45, 2.75) is 32.0 Å². The zero-order valence-corrected chi connectivity index (χ0v) is 23.5. The van der Waals surface area contributed by atoms with E-state index in [9.17, 15) is 13.2 Å². The minimum atomic E-state index is -4.11. The number of benzene rings is 3. The van der Waals surface area contributed by atoms with Gasteiger partial charge in [0.15, 0.2) is 5.78 Å². The summed E-state index contributed by atoms with van der Waals surface area (Å²) in [6.07, 6.45) is 0. The third-order valence-corrected chi connectivity index (χ3v) is 8.69. The number of methoxy groups -OCH3 is 1. The first-order valence-electron chi connectivity index (χ1n) is 11.9. The number of aryl methyl sites for hydroxylation is 1. The molecule has 2 aromatic heterocycles. The van der Waals surface area contributed by atoms with Gasteiger partial charge in [0.1, 0.15) is 22.7 Å². The maximum absolute atomic E-state index is 14.1. The van der Waals surface area contributed by atoms with Crippen LogP contribution in [0.25, 0.3) is 21.8 Å². The van der Waals surface area contributed by atoms with Gasteiger partial charge in [0.05, 0.1) is 22.5 Å². The summed E-state index contributed by atoms with van der Waals surface area (Å²) >= 11 is 3.48. The molecule has 0 unspecified atom stereocenters. The molecule has 2 heterocycles. The summed E-state index contributed by atoms with van der Waals surface area (Å²) in [6, 6.07) is 21.6. The summed E-state index contributed by atoms with van der Waals surface area (Å²) in [6.45, 7) is 3.77. The average molecular weight is 593 g/mol. The van der Waals surface area contributed by atoms with Crippen LogP contribution in [-0.4, -0.2) is 30.3 Å². The number of carbonyl (C=O) groups is 1. The maximum atomic E-state index is 14.1. The molecule has 0 saturated carbocycles. The molecule has 0 N–H and O–H groups in total. The Morgan fingerprint density at radius 3 is 2.37 bits per heavy atom. The molecule has 3 aromatic carbocycles. The molecule has 0 bridgehead atoms. The Kier molecular flexibility index (Phi) is 7.09. The molecule has 194 valence electrons. The van der Waals surface area contributed by atoms with Crippen LogP contribution in [0.2, 0.25) is 0 Å². The van der Waals surface area contributed by atoms with E-state index in [0.717, 1.165) is 11.1 Å². The van der Waals surface area contributed by atoms with E-state index in [2.05, 4.69) is 20.9 Å². The minimum absolute atomic E-state index is 0.0466. The maximum Gasteiger partial charge on any atom is 0.268 e. The third-order valence-electron chi connectivity index (χ3n) is 6.31. The molecule has 0 spiro atoms. The molecule has 0 atom stereocenters. The average Bonchev–Trinajstić information content (AvgIpc) is 3.25. The van der Waals surface area contributed by atoms with Gasteiger partial charge in [-0.2, -0.15) is 0 Å². The summed E-state index contributed by atoms with van der Waals surface area (Å²) in [7, 11) is -2.56. The van der Waals surface area contributed by atoms with Crippen molar-refractivity contribution in [3.05, 3.63) is 99.8 Å². The molecule has 9 heteroatoms. The largest absolute Gasteiger partial charge is 0.489 e. The zero-order chi connectivity index (χ0) is 27.0. The number of halogens is 1. The normalized spacial score (nSPS) is 11.8. The van der Waals surface area contributed by atoms with E-state index in [0.29, 0.717) is 38.8 Å². The van der Waals surface area contributed by atoms with Gasteiger partial charge in [-0.3, -0.25) is 4.79 Å². The van der Waals surface area contributed by atoms with Gasteiger partial charge in [-0.15, -0.1) is 0 Å². The van der Waals surface area contributed by atoms with E-state index in [4.69, 9.17) is 9.47 Å². The first kappa shape index (κ1) is 26.1. The topological polar surface area (TPSA) is 87.5 Å². The van der Waals surface area contributed by atoms with E-state index in [1.54, 1.807) is 49.6 Å². The van der Waals surface area contributed by atoms with Gasteiger partial charge in [-0.05, 0) is 58.7 Å². The van der Waals surface area contributed by atoms with E-state index in [-0.39, 0.29) is 28.5 Å². The third kappa shape index (κ3) is 4.62. The van der Waals surface area contributed by atoms with Crippen molar-refractivity contribution in [1.29, 1.82) is 0 Å². The standard InChI is InChI=1S/C29H25BrN2O5S/c1-18-9-12-22(13-10-18)38(34,35)32-25-14-11-21(37-16-20-7-5-4-6-8-20)15-23(25)26-24(17-36-3)29(30)31-27(19(2)33)28(26)32/h4-15H,16-17H2,1-3H3. The molecule has 0 saturated heterocycles. The van der Waals surface area contributed by atoms with Crippen LogP contribution in [0.3, 0.4) is 0 Å². The van der Waals surface area contributed by atoms with Gasteiger partial charge in [0.2, 0.25) is 0 Å². The smallest absolute Gasteiger partial charge is 0.268 e. The first-order chi connectivity index (χ1) is 18.2. The quantitative estimate of drug-likeness (QED) is 0.152. The molecule has 0 aliphatic heterocycles. The summed E-state index contributed by atoms with van der Waals surface area (Å²) in [4.78, 5) is 17.4. The number of rotatable bonds is 8. The molecule has 5 rings (SSSR count). The zero-order valence-electron chi connectivity index (χ0n) is 21.1. The highest BCUT2D eigenvalue weighted by molar-refractivity contribution is 9.10. The molecule has 38 heavy (non-hydrogen) atoms. The lowest BCUT2D eigenvalue weighted by molar-refractivity contribution is 0.101. The van der Waals surface area contributed by atoms with Crippen LogP contribution in [0.4, 0.5) is 0 Å². The Morgan fingerprint density at radius 2 is 1.71 bits per heavy atom. The molecule has 5 aromatic rings. The lowest BCUT2D eigenvalue weighted by Crippen LogP contribution is -2.15. The number of ketones is 1. The van der Waals surface area contributed by atoms with Crippen LogP contribution in [0.5, 0.6) is 5.75 Å². The highest BCUT2D eigenvalue weighted by atomic mass is 79.9. The van der Waals surface area contributed by atoms with Gasteiger partial charge < -0.3 is 9.47 Å². The number of nitrogens with zero attached hydrogens (tertiary/aromatic N) is 2. The monoisotopic (exact) mass is 592 g/mol. The highest BCUT2D eigenvalue weighted by Crippen LogP contribution is 2.40. The second kappa shape index (κ2) is 10.3. The Labute approximate surface area is 229 Å². The van der Waals surface area contributed by atoms with Crippen molar-refractivity contribution < 1.29 is 22.7 Å². The number of ether oxygens (including phenoxy) is 2. The van der Waals surface area contributed by atoms with Gasteiger partial charge >= 0.3 is 0 Å². The molecule has 0 amide bonds. The van der Waals surface area contributed by atoms with Crippen molar-refractivity contribution >= 4 is 53.5 Å².